The van der Waals surface area contributed by atoms with Gasteiger partial charge in [-0.1, -0.05) is 12.1 Å². The van der Waals surface area contributed by atoms with Crippen LogP contribution in [-0.2, 0) is 13.6 Å². The molecule has 1 fully saturated rings. The van der Waals surface area contributed by atoms with Crippen molar-refractivity contribution in [3.05, 3.63) is 42.5 Å². The smallest absolute Gasteiger partial charge is 0.127 e. The number of hydrogen-bond donors (Lipinski definition) is 1. The highest BCUT2D eigenvalue weighted by atomic mass is 15.3. The Morgan fingerprint density at radius 2 is 1.86 bits per heavy atom. The van der Waals surface area contributed by atoms with Gasteiger partial charge in [0.25, 0.3) is 0 Å². The van der Waals surface area contributed by atoms with Gasteiger partial charge in [0.15, 0.2) is 0 Å². The molecule has 0 atom stereocenters. The first kappa shape index (κ1) is 13.9. The van der Waals surface area contributed by atoms with Gasteiger partial charge in [0, 0.05) is 45.6 Å². The lowest BCUT2D eigenvalue weighted by atomic mass is 10.2. The Morgan fingerprint density at radius 1 is 1.10 bits per heavy atom. The lowest BCUT2D eigenvalue weighted by Gasteiger charge is -2.35. The molecule has 112 valence electrons. The van der Waals surface area contributed by atoms with Crippen LogP contribution in [0.4, 0.5) is 11.4 Å². The predicted octanol–water partition coefficient (Wildman–Crippen LogP) is 1.78. The summed E-state index contributed by atoms with van der Waals surface area (Å²) in [7, 11) is 4.21. The Bertz CT molecular complexity index is 584. The third-order valence-corrected chi connectivity index (χ3v) is 4.11. The van der Waals surface area contributed by atoms with Crippen molar-refractivity contribution in [2.45, 2.75) is 6.54 Å². The number of rotatable bonds is 4. The molecule has 1 saturated heterocycles. The van der Waals surface area contributed by atoms with Crippen LogP contribution < -0.4 is 10.2 Å². The molecule has 0 unspecified atom stereocenters. The first-order valence-electron chi connectivity index (χ1n) is 7.46. The zero-order chi connectivity index (χ0) is 14.7. The summed E-state index contributed by atoms with van der Waals surface area (Å²) in [5, 5.41) is 3.53. The topological polar surface area (TPSA) is 36.3 Å². The van der Waals surface area contributed by atoms with Gasteiger partial charge in [-0.3, -0.25) is 0 Å². The summed E-state index contributed by atoms with van der Waals surface area (Å²) in [6.07, 6.45) is 3.81. The third-order valence-electron chi connectivity index (χ3n) is 4.11. The van der Waals surface area contributed by atoms with Crippen molar-refractivity contribution in [3.63, 3.8) is 0 Å². The van der Waals surface area contributed by atoms with E-state index in [0.717, 1.165) is 38.5 Å². The van der Waals surface area contributed by atoms with Gasteiger partial charge in [-0.2, -0.15) is 0 Å². The number of likely N-dealkylation sites (N-methyl/N-ethyl adjacent to an activating group) is 1. The van der Waals surface area contributed by atoms with Crippen molar-refractivity contribution in [1.29, 1.82) is 0 Å². The molecule has 0 bridgehead atoms. The molecule has 21 heavy (non-hydrogen) atoms. The van der Waals surface area contributed by atoms with Gasteiger partial charge in [-0.05, 0) is 19.2 Å². The molecule has 2 heterocycles. The third kappa shape index (κ3) is 3.19. The zero-order valence-electron chi connectivity index (χ0n) is 12.8. The van der Waals surface area contributed by atoms with Crippen molar-refractivity contribution in [2.75, 3.05) is 43.4 Å². The Morgan fingerprint density at radius 3 is 2.57 bits per heavy atom. The molecular formula is C16H23N5. The second-order valence-electron chi connectivity index (χ2n) is 5.62. The molecule has 0 aliphatic carbocycles. The predicted molar refractivity (Wildman–Crippen MR) is 86.7 cm³/mol. The van der Waals surface area contributed by atoms with Gasteiger partial charge < -0.3 is 19.7 Å². The maximum atomic E-state index is 4.36. The van der Waals surface area contributed by atoms with E-state index in [4.69, 9.17) is 0 Å². The van der Waals surface area contributed by atoms with Gasteiger partial charge >= 0.3 is 0 Å². The van der Waals surface area contributed by atoms with Crippen LogP contribution in [0.15, 0.2) is 36.7 Å². The van der Waals surface area contributed by atoms with Crippen LogP contribution in [0.3, 0.4) is 0 Å². The fourth-order valence-electron chi connectivity index (χ4n) is 2.69. The quantitative estimate of drug-likeness (QED) is 0.929. The number of aryl methyl sites for hydroxylation is 1. The summed E-state index contributed by atoms with van der Waals surface area (Å²) in [4.78, 5) is 9.20. The average molecular weight is 285 g/mol. The summed E-state index contributed by atoms with van der Waals surface area (Å²) in [6.45, 7) is 5.14. The molecular weight excluding hydrogens is 262 g/mol. The maximum Gasteiger partial charge on any atom is 0.127 e. The zero-order valence-corrected chi connectivity index (χ0v) is 12.8. The molecule has 3 rings (SSSR count). The number of nitrogens with one attached hydrogen (secondary N) is 1. The number of hydrogen-bond acceptors (Lipinski definition) is 4. The number of anilines is 2. The molecule has 5 nitrogen and oxygen atoms in total. The number of imidazole rings is 1. The average Bonchev–Trinajstić information content (AvgIpc) is 2.92. The fourth-order valence-corrected chi connectivity index (χ4v) is 2.69. The largest absolute Gasteiger partial charge is 0.376 e. The van der Waals surface area contributed by atoms with Crippen molar-refractivity contribution in [1.82, 2.24) is 14.5 Å². The normalized spacial score (nSPS) is 16.2. The second-order valence-corrected chi connectivity index (χ2v) is 5.62. The van der Waals surface area contributed by atoms with Crippen molar-refractivity contribution >= 4 is 11.4 Å². The Labute approximate surface area is 126 Å². The van der Waals surface area contributed by atoms with E-state index in [2.05, 4.69) is 51.4 Å². The molecule has 0 spiro atoms. The van der Waals surface area contributed by atoms with E-state index in [0.29, 0.717) is 0 Å². The monoisotopic (exact) mass is 285 g/mol. The van der Waals surface area contributed by atoms with E-state index in [1.165, 1.54) is 11.4 Å². The number of piperazine rings is 1. The number of aromatic nitrogens is 2. The first-order chi connectivity index (χ1) is 10.2. The lowest BCUT2D eigenvalue weighted by molar-refractivity contribution is 0.313. The van der Waals surface area contributed by atoms with Crippen LogP contribution in [0, 0.1) is 0 Å². The fraction of sp³-hybridized carbons (Fsp3) is 0.438. The highest BCUT2D eigenvalue weighted by Gasteiger charge is 2.16. The molecule has 2 aromatic rings. The molecule has 0 amide bonds. The van der Waals surface area contributed by atoms with Gasteiger partial charge in [-0.25, -0.2) is 4.98 Å². The van der Waals surface area contributed by atoms with Gasteiger partial charge in [-0.15, -0.1) is 0 Å². The minimum atomic E-state index is 0.744. The molecule has 1 N–H and O–H groups in total. The highest BCUT2D eigenvalue weighted by Crippen LogP contribution is 2.26. The first-order valence-corrected chi connectivity index (χ1v) is 7.46. The molecule has 1 aliphatic heterocycles. The summed E-state index contributed by atoms with van der Waals surface area (Å²) >= 11 is 0. The van der Waals surface area contributed by atoms with Crippen LogP contribution in [0.1, 0.15) is 5.82 Å². The Balaban J connectivity index is 1.72. The van der Waals surface area contributed by atoms with Gasteiger partial charge in [0.05, 0.1) is 17.9 Å². The Hall–Kier alpha value is -2.01. The molecule has 1 aliphatic rings. The Kier molecular flexibility index (Phi) is 4.10. The second kappa shape index (κ2) is 6.18. The van der Waals surface area contributed by atoms with E-state index in [-0.39, 0.29) is 0 Å². The molecule has 5 heteroatoms. The number of nitrogens with zero attached hydrogens (tertiary/aromatic N) is 4. The highest BCUT2D eigenvalue weighted by molar-refractivity contribution is 5.70. The van der Waals surface area contributed by atoms with Crippen LogP contribution in [0.25, 0.3) is 0 Å². The van der Waals surface area contributed by atoms with Gasteiger partial charge in [0.1, 0.15) is 5.82 Å². The van der Waals surface area contributed by atoms with Crippen LogP contribution >= 0.6 is 0 Å². The number of para-hydroxylation sites is 2. The minimum absolute atomic E-state index is 0.744. The van der Waals surface area contributed by atoms with Crippen LogP contribution in [0.2, 0.25) is 0 Å². The van der Waals surface area contributed by atoms with Crippen molar-refractivity contribution in [2.24, 2.45) is 7.05 Å². The molecule has 0 saturated carbocycles. The van der Waals surface area contributed by atoms with E-state index in [9.17, 15) is 0 Å². The number of benzene rings is 1. The van der Waals surface area contributed by atoms with Crippen LogP contribution in [0.5, 0.6) is 0 Å². The van der Waals surface area contributed by atoms with Crippen molar-refractivity contribution in [3.8, 4) is 0 Å². The molecule has 1 aromatic carbocycles. The minimum Gasteiger partial charge on any atom is -0.376 e. The standard InChI is InChI=1S/C16H23N5/c1-19-9-11-21(12-10-19)15-6-4-3-5-14(15)18-13-16-17-7-8-20(16)2/h3-8,18H,9-13H2,1-2H3. The van der Waals surface area contributed by atoms with Crippen LogP contribution in [-0.4, -0.2) is 47.7 Å². The summed E-state index contributed by atoms with van der Waals surface area (Å²) in [6, 6.07) is 8.54. The lowest BCUT2D eigenvalue weighted by Crippen LogP contribution is -2.44. The van der Waals surface area contributed by atoms with Gasteiger partial charge in [0.2, 0.25) is 0 Å². The van der Waals surface area contributed by atoms with E-state index in [1.807, 2.05) is 24.0 Å². The van der Waals surface area contributed by atoms with Crippen molar-refractivity contribution < 1.29 is 0 Å². The van der Waals surface area contributed by atoms with E-state index < -0.39 is 0 Å². The summed E-state index contributed by atoms with van der Waals surface area (Å²) in [5.41, 5.74) is 2.48. The van der Waals surface area contributed by atoms with E-state index >= 15 is 0 Å². The summed E-state index contributed by atoms with van der Waals surface area (Å²) in [5.74, 6) is 1.04. The van der Waals surface area contributed by atoms with E-state index in [1.54, 1.807) is 0 Å². The molecule has 0 radical (unpaired) electrons. The maximum absolute atomic E-state index is 4.36. The SMILES string of the molecule is CN1CCN(c2ccccc2NCc2nccn2C)CC1. The molecule has 1 aromatic heterocycles. The summed E-state index contributed by atoms with van der Waals surface area (Å²) < 4.78 is 2.05.